The molecule has 0 unspecified atom stereocenters. The summed E-state index contributed by atoms with van der Waals surface area (Å²) in [5.41, 5.74) is 1.16. The highest BCUT2D eigenvalue weighted by molar-refractivity contribution is 5.88. The number of hydrogen-bond acceptors (Lipinski definition) is 11. The van der Waals surface area contributed by atoms with Crippen LogP contribution in [0.3, 0.4) is 0 Å². The van der Waals surface area contributed by atoms with E-state index >= 15 is 0 Å². The molecule has 45 heavy (non-hydrogen) atoms. The number of amides is 1. The Labute approximate surface area is 258 Å². The maximum Gasteiger partial charge on any atom is 0.252 e. The molecule has 0 aliphatic heterocycles. The van der Waals surface area contributed by atoms with Crippen molar-refractivity contribution in [3.05, 3.63) is 60.1 Å². The monoisotopic (exact) mass is 618 g/mol. The van der Waals surface area contributed by atoms with Crippen LogP contribution < -0.4 is 10.6 Å². The molecule has 5 heterocycles. The van der Waals surface area contributed by atoms with Crippen molar-refractivity contribution in [1.29, 1.82) is 0 Å². The summed E-state index contributed by atoms with van der Waals surface area (Å²) in [4.78, 5) is 32.2. The Morgan fingerprint density at radius 1 is 1.16 bits per heavy atom. The summed E-state index contributed by atoms with van der Waals surface area (Å²) in [6.07, 6.45) is 9.32. The van der Waals surface area contributed by atoms with Gasteiger partial charge in [-0.2, -0.15) is 15.3 Å². The van der Waals surface area contributed by atoms with Crippen LogP contribution in [0.25, 0.3) is 16.9 Å². The molecule has 16 heteroatoms. The lowest BCUT2D eigenvalue weighted by molar-refractivity contribution is -0.148. The van der Waals surface area contributed by atoms with E-state index in [0.29, 0.717) is 73.5 Å². The SMILES string of the molecule is COCCn1ncc2c(Nc3cc(C)[nH]n3)nc([C@H]3CC[C@](OC)(C(=O)N[C@@H](C)c4cnc(-n5cc(F)cn5)cn4)CC3)nc21. The summed E-state index contributed by atoms with van der Waals surface area (Å²) in [7, 11) is 3.21. The van der Waals surface area contributed by atoms with Gasteiger partial charge in [0.1, 0.15) is 17.2 Å². The molecule has 1 atom stereocenters. The Hall–Kier alpha value is -4.83. The molecule has 0 spiro atoms. The minimum Gasteiger partial charge on any atom is -0.383 e. The highest BCUT2D eigenvalue weighted by Crippen LogP contribution is 2.40. The third-order valence-corrected chi connectivity index (χ3v) is 8.17. The van der Waals surface area contributed by atoms with E-state index in [1.807, 2.05) is 24.6 Å². The molecule has 1 saturated carbocycles. The third kappa shape index (κ3) is 6.23. The van der Waals surface area contributed by atoms with Crippen LogP contribution in [0.15, 0.2) is 37.1 Å². The predicted octanol–water partition coefficient (Wildman–Crippen LogP) is 3.28. The van der Waals surface area contributed by atoms with Crippen LogP contribution in [0.5, 0.6) is 0 Å². The number of anilines is 2. The topological polar surface area (TPSA) is 175 Å². The average Bonchev–Trinajstić information content (AvgIpc) is 3.79. The van der Waals surface area contributed by atoms with Crippen molar-refractivity contribution in [2.45, 2.75) is 63.6 Å². The summed E-state index contributed by atoms with van der Waals surface area (Å²) in [5.74, 6) is 1.61. The van der Waals surface area contributed by atoms with Crippen LogP contribution in [0.1, 0.15) is 61.8 Å². The molecule has 0 saturated heterocycles. The van der Waals surface area contributed by atoms with Crippen molar-refractivity contribution in [1.82, 2.24) is 55.0 Å². The predicted molar refractivity (Wildman–Crippen MR) is 160 cm³/mol. The minimum absolute atomic E-state index is 0.000636. The quantitative estimate of drug-likeness (QED) is 0.198. The number of H-pyrrole nitrogens is 1. The number of carbonyl (C=O) groups excluding carboxylic acids is 1. The Morgan fingerprint density at radius 2 is 1.98 bits per heavy atom. The first-order valence-corrected chi connectivity index (χ1v) is 14.7. The van der Waals surface area contributed by atoms with Crippen molar-refractivity contribution in [2.24, 2.45) is 0 Å². The average molecular weight is 619 g/mol. The van der Waals surface area contributed by atoms with Gasteiger partial charge in [-0.05, 0) is 39.5 Å². The Bertz CT molecular complexity index is 1770. The normalized spacial score (nSPS) is 19.1. The molecule has 0 bridgehead atoms. The number of hydrogen-bond donors (Lipinski definition) is 3. The number of rotatable bonds is 11. The largest absolute Gasteiger partial charge is 0.383 e. The van der Waals surface area contributed by atoms with Crippen molar-refractivity contribution in [3.8, 4) is 5.82 Å². The molecule has 1 aliphatic carbocycles. The van der Waals surface area contributed by atoms with Gasteiger partial charge in [0, 0.05) is 31.9 Å². The second-order valence-electron chi connectivity index (χ2n) is 11.2. The number of halogens is 1. The maximum atomic E-state index is 13.6. The number of aromatic nitrogens is 10. The zero-order valence-corrected chi connectivity index (χ0v) is 25.5. The molecule has 236 valence electrons. The lowest BCUT2D eigenvalue weighted by Crippen LogP contribution is -2.51. The molecule has 5 aromatic rings. The summed E-state index contributed by atoms with van der Waals surface area (Å²) in [6.45, 7) is 4.79. The number of fused-ring (bicyclic) bond motifs is 1. The van der Waals surface area contributed by atoms with Crippen LogP contribution >= 0.6 is 0 Å². The molecular formula is C29H35FN12O3. The molecule has 0 radical (unpaired) electrons. The molecule has 1 fully saturated rings. The molecule has 5 aromatic heterocycles. The zero-order chi connectivity index (χ0) is 31.6. The van der Waals surface area contributed by atoms with Gasteiger partial charge in [-0.1, -0.05) is 0 Å². The smallest absolute Gasteiger partial charge is 0.252 e. The number of ether oxygens (including phenoxy) is 2. The van der Waals surface area contributed by atoms with Crippen molar-refractivity contribution >= 4 is 28.6 Å². The van der Waals surface area contributed by atoms with Crippen molar-refractivity contribution in [3.63, 3.8) is 0 Å². The standard InChI is InChI=1S/C29H35FN12O3/c1-17-11-23(40-39-17)36-26-21-13-34-41(9-10-44-3)27(21)38-25(37-26)19-5-7-29(45-4,8-6-19)28(43)35-18(2)22-14-32-24(15-31-22)42-16-20(30)12-33-42/h11-16,18-19H,5-10H2,1-4H3,(H,35,43)(H2,36,37,38,39,40)/t18-,19-,29+/m0/s1. The highest BCUT2D eigenvalue weighted by Gasteiger charge is 2.43. The summed E-state index contributed by atoms with van der Waals surface area (Å²) in [5, 5.41) is 22.8. The number of nitrogens with zero attached hydrogens (tertiary/aromatic N) is 9. The van der Waals surface area contributed by atoms with E-state index in [1.54, 1.807) is 20.4 Å². The maximum absolute atomic E-state index is 13.6. The van der Waals surface area contributed by atoms with E-state index in [1.165, 1.54) is 23.3 Å². The van der Waals surface area contributed by atoms with Crippen LogP contribution in [0.4, 0.5) is 16.0 Å². The second kappa shape index (κ2) is 12.6. The molecule has 3 N–H and O–H groups in total. The number of aromatic amines is 1. The van der Waals surface area contributed by atoms with Gasteiger partial charge < -0.3 is 20.1 Å². The molecule has 6 rings (SSSR count). The number of nitrogens with one attached hydrogen (secondary N) is 3. The number of carbonyl (C=O) groups is 1. The van der Waals surface area contributed by atoms with Gasteiger partial charge in [-0.25, -0.2) is 28.7 Å². The molecule has 0 aromatic carbocycles. The molecular weight excluding hydrogens is 583 g/mol. The van der Waals surface area contributed by atoms with Crippen molar-refractivity contribution < 1.29 is 18.7 Å². The fourth-order valence-electron chi connectivity index (χ4n) is 5.56. The van der Waals surface area contributed by atoms with E-state index in [2.05, 4.69) is 41.0 Å². The minimum atomic E-state index is -1.01. The fourth-order valence-corrected chi connectivity index (χ4v) is 5.56. The van der Waals surface area contributed by atoms with Gasteiger partial charge in [0.05, 0.1) is 61.3 Å². The molecule has 15 nitrogen and oxygen atoms in total. The van der Waals surface area contributed by atoms with E-state index < -0.39 is 17.5 Å². The van der Waals surface area contributed by atoms with Gasteiger partial charge in [0.2, 0.25) is 0 Å². The molecule has 1 aliphatic rings. The molecule has 1 amide bonds. The van der Waals surface area contributed by atoms with Crippen molar-refractivity contribution in [2.75, 3.05) is 26.1 Å². The van der Waals surface area contributed by atoms with Gasteiger partial charge in [0.25, 0.3) is 5.91 Å². The van der Waals surface area contributed by atoms with Crippen LogP contribution in [-0.2, 0) is 20.8 Å². The Balaban J connectivity index is 1.17. The van der Waals surface area contributed by atoms with E-state index in [0.717, 1.165) is 17.3 Å². The lowest BCUT2D eigenvalue weighted by atomic mass is 9.77. The number of methoxy groups -OCH3 is 2. The van der Waals surface area contributed by atoms with E-state index in [-0.39, 0.29) is 11.8 Å². The third-order valence-electron chi connectivity index (χ3n) is 8.17. The van der Waals surface area contributed by atoms with Gasteiger partial charge in [0.15, 0.2) is 23.1 Å². The fraction of sp³-hybridized carbons (Fsp3) is 0.448. The first kappa shape index (κ1) is 30.2. The van der Waals surface area contributed by atoms with Gasteiger partial charge in [-0.15, -0.1) is 0 Å². The second-order valence-corrected chi connectivity index (χ2v) is 11.2. The Morgan fingerprint density at radius 3 is 2.62 bits per heavy atom. The summed E-state index contributed by atoms with van der Waals surface area (Å²) < 4.78 is 27.6. The first-order chi connectivity index (χ1) is 21.8. The van der Waals surface area contributed by atoms with Crippen LogP contribution in [0, 0.1) is 12.7 Å². The summed E-state index contributed by atoms with van der Waals surface area (Å²) in [6, 6.07) is 1.46. The highest BCUT2D eigenvalue weighted by atomic mass is 19.1. The Kier molecular flexibility index (Phi) is 8.49. The van der Waals surface area contributed by atoms with Crippen LogP contribution in [0.2, 0.25) is 0 Å². The van der Waals surface area contributed by atoms with Gasteiger partial charge in [-0.3, -0.25) is 14.9 Å². The first-order valence-electron chi connectivity index (χ1n) is 14.7. The van der Waals surface area contributed by atoms with Crippen LogP contribution in [-0.4, -0.2) is 82.0 Å². The summed E-state index contributed by atoms with van der Waals surface area (Å²) >= 11 is 0. The van der Waals surface area contributed by atoms with E-state index in [4.69, 9.17) is 19.4 Å². The zero-order valence-electron chi connectivity index (χ0n) is 25.5. The van der Waals surface area contributed by atoms with Gasteiger partial charge >= 0.3 is 0 Å². The number of aryl methyl sites for hydroxylation is 1. The lowest BCUT2D eigenvalue weighted by Gasteiger charge is -2.38. The van der Waals surface area contributed by atoms with E-state index in [9.17, 15) is 9.18 Å².